The quantitative estimate of drug-likeness (QED) is 0.188. The number of benzene rings is 5. The third-order valence-corrected chi connectivity index (χ3v) is 9.99. The number of rotatable bonds is 6. The minimum atomic E-state index is -0.246. The van der Waals surface area contributed by atoms with Gasteiger partial charge in [0, 0.05) is 33.9 Å². The normalized spacial score (nSPS) is 12.0. The van der Waals surface area contributed by atoms with Crippen molar-refractivity contribution >= 4 is 39.1 Å². The molecule has 0 saturated heterocycles. The fraction of sp³-hybridized carbons (Fsp3) is 0.167. The average molecular weight is 693 g/mol. The number of pyridine rings is 2. The van der Waals surface area contributed by atoms with Gasteiger partial charge in [-0.2, -0.15) is 0 Å². The predicted octanol–water partition coefficient (Wildman–Crippen LogP) is 12.7. The Labute approximate surface area is 311 Å². The number of hydrogen-bond acceptors (Lipinski definition) is 4. The van der Waals surface area contributed by atoms with Gasteiger partial charge in [0.1, 0.15) is 17.2 Å². The number of hydrogen-bond donors (Lipinski definition) is 1. The second-order valence-corrected chi connectivity index (χ2v) is 15.8. The molecule has 0 aliphatic heterocycles. The molecular formula is C48H44N4O. The molecule has 8 aromatic rings. The molecule has 3 aromatic heterocycles. The summed E-state index contributed by atoms with van der Waals surface area (Å²) in [5.74, 6) is 1.03. The highest BCUT2D eigenvalue weighted by Crippen LogP contribution is 2.44. The first-order valence-electron chi connectivity index (χ1n) is 18.2. The van der Waals surface area contributed by atoms with Gasteiger partial charge in [-0.05, 0) is 106 Å². The summed E-state index contributed by atoms with van der Waals surface area (Å²) in [6.07, 6.45) is 1.84. The first-order chi connectivity index (χ1) is 25.5. The summed E-state index contributed by atoms with van der Waals surface area (Å²) < 4.78 is 2.12. The minimum absolute atomic E-state index is 0.0375. The van der Waals surface area contributed by atoms with Crippen LogP contribution in [0.4, 0.5) is 17.2 Å². The van der Waals surface area contributed by atoms with Crippen LogP contribution in [-0.4, -0.2) is 19.6 Å². The highest BCUT2D eigenvalue weighted by atomic mass is 16.3. The molecule has 5 heteroatoms. The van der Waals surface area contributed by atoms with Crippen LogP contribution in [0, 0.1) is 0 Å². The number of phenols is 1. The van der Waals surface area contributed by atoms with E-state index in [1.165, 1.54) is 5.56 Å². The molecule has 1 N–H and O–H groups in total. The molecule has 53 heavy (non-hydrogen) atoms. The molecule has 0 aliphatic carbocycles. The number of phenolic OH excluding ortho intramolecular Hbond substituents is 1. The van der Waals surface area contributed by atoms with Crippen LogP contribution in [0.2, 0.25) is 0 Å². The zero-order chi connectivity index (χ0) is 36.9. The van der Waals surface area contributed by atoms with E-state index >= 15 is 0 Å². The van der Waals surface area contributed by atoms with Gasteiger partial charge in [0.15, 0.2) is 0 Å². The fourth-order valence-corrected chi connectivity index (χ4v) is 7.24. The van der Waals surface area contributed by atoms with Crippen molar-refractivity contribution in [2.24, 2.45) is 0 Å². The number of nitrogens with zero attached hydrogens (tertiary/aromatic N) is 4. The molecule has 0 amide bonds. The van der Waals surface area contributed by atoms with E-state index in [1.54, 1.807) is 6.07 Å². The third-order valence-electron chi connectivity index (χ3n) is 9.99. The van der Waals surface area contributed by atoms with Gasteiger partial charge < -0.3 is 5.11 Å². The van der Waals surface area contributed by atoms with Crippen molar-refractivity contribution in [3.63, 3.8) is 0 Å². The molecule has 5 aromatic carbocycles. The molecule has 0 spiro atoms. The molecule has 0 aliphatic rings. The van der Waals surface area contributed by atoms with Crippen molar-refractivity contribution in [2.45, 2.75) is 52.4 Å². The maximum Gasteiger partial charge on any atom is 0.146 e. The molecule has 0 atom stereocenters. The second-order valence-electron chi connectivity index (χ2n) is 15.8. The Morgan fingerprint density at radius 2 is 1.25 bits per heavy atom. The zero-order valence-corrected chi connectivity index (χ0v) is 31.2. The van der Waals surface area contributed by atoms with Crippen LogP contribution in [0.15, 0.2) is 152 Å². The maximum absolute atomic E-state index is 11.3. The highest BCUT2D eigenvalue weighted by molar-refractivity contribution is 6.09. The molecule has 0 bridgehead atoms. The van der Waals surface area contributed by atoms with Crippen molar-refractivity contribution in [3.8, 4) is 33.8 Å². The maximum atomic E-state index is 11.3. The molecular weight excluding hydrogens is 649 g/mol. The molecule has 5 nitrogen and oxygen atoms in total. The fourth-order valence-electron chi connectivity index (χ4n) is 7.24. The van der Waals surface area contributed by atoms with Gasteiger partial charge in [-0.3, -0.25) is 9.47 Å². The van der Waals surface area contributed by atoms with Crippen LogP contribution < -0.4 is 4.90 Å². The first-order valence-corrected chi connectivity index (χ1v) is 18.2. The molecule has 0 saturated carbocycles. The topological polar surface area (TPSA) is 54.2 Å². The van der Waals surface area contributed by atoms with Gasteiger partial charge in [-0.25, -0.2) is 9.97 Å². The van der Waals surface area contributed by atoms with Crippen molar-refractivity contribution in [1.29, 1.82) is 0 Å². The summed E-state index contributed by atoms with van der Waals surface area (Å²) in [5, 5.41) is 13.4. The largest absolute Gasteiger partial charge is 0.506 e. The smallest absolute Gasteiger partial charge is 0.146 e. The lowest BCUT2D eigenvalue weighted by atomic mass is 9.82. The Morgan fingerprint density at radius 3 is 1.92 bits per heavy atom. The van der Waals surface area contributed by atoms with Gasteiger partial charge in [0.05, 0.1) is 16.9 Å². The molecule has 8 rings (SSSR count). The van der Waals surface area contributed by atoms with Gasteiger partial charge in [-0.1, -0.05) is 114 Å². The van der Waals surface area contributed by atoms with E-state index < -0.39 is 0 Å². The van der Waals surface area contributed by atoms with E-state index in [0.29, 0.717) is 5.69 Å². The number of para-hydroxylation sites is 3. The minimum Gasteiger partial charge on any atom is -0.506 e. The number of aromatic hydroxyl groups is 1. The lowest BCUT2D eigenvalue weighted by Gasteiger charge is -2.27. The second kappa shape index (κ2) is 13.1. The Hall–Kier alpha value is -6.20. The molecule has 262 valence electrons. The molecule has 0 unspecified atom stereocenters. The summed E-state index contributed by atoms with van der Waals surface area (Å²) in [5.41, 5.74) is 10.7. The van der Waals surface area contributed by atoms with Crippen molar-refractivity contribution in [2.75, 3.05) is 4.90 Å². The van der Waals surface area contributed by atoms with Crippen LogP contribution >= 0.6 is 0 Å². The van der Waals surface area contributed by atoms with Crippen molar-refractivity contribution < 1.29 is 5.11 Å². The van der Waals surface area contributed by atoms with E-state index in [9.17, 15) is 5.11 Å². The van der Waals surface area contributed by atoms with Gasteiger partial charge in [-0.15, -0.1) is 0 Å². The van der Waals surface area contributed by atoms with Gasteiger partial charge in [0.25, 0.3) is 0 Å². The average Bonchev–Trinajstić information content (AvgIpc) is 3.48. The Balaban J connectivity index is 1.48. The van der Waals surface area contributed by atoms with Crippen LogP contribution in [0.5, 0.6) is 5.75 Å². The van der Waals surface area contributed by atoms with E-state index in [2.05, 4.69) is 148 Å². The summed E-state index contributed by atoms with van der Waals surface area (Å²) in [6, 6.07) is 50.2. The number of fused-ring (bicyclic) bond motifs is 3. The highest BCUT2D eigenvalue weighted by Gasteiger charge is 2.27. The zero-order valence-electron chi connectivity index (χ0n) is 31.2. The summed E-state index contributed by atoms with van der Waals surface area (Å²) in [7, 11) is 0. The number of anilines is 3. The van der Waals surface area contributed by atoms with Gasteiger partial charge >= 0.3 is 0 Å². The summed E-state index contributed by atoms with van der Waals surface area (Å²) in [6.45, 7) is 13.5. The van der Waals surface area contributed by atoms with E-state index in [4.69, 9.17) is 9.97 Å². The monoisotopic (exact) mass is 692 g/mol. The SMILES string of the molecule is CC(C)(C)c1ccc2c(c1)c1cc(C(C)(C)C)c(-c3cc(-c4ccccc4)cc(N(c4ccccc4)c4ccccn4)c3)nc1n2-c1ccccc1O. The van der Waals surface area contributed by atoms with E-state index in [0.717, 1.165) is 67.1 Å². The van der Waals surface area contributed by atoms with E-state index in [1.807, 2.05) is 48.7 Å². The van der Waals surface area contributed by atoms with Crippen molar-refractivity contribution in [1.82, 2.24) is 14.5 Å². The Kier molecular flexibility index (Phi) is 8.38. The first kappa shape index (κ1) is 33.9. The van der Waals surface area contributed by atoms with Crippen LogP contribution in [0.1, 0.15) is 52.7 Å². The predicted molar refractivity (Wildman–Crippen MR) is 221 cm³/mol. The summed E-state index contributed by atoms with van der Waals surface area (Å²) >= 11 is 0. The summed E-state index contributed by atoms with van der Waals surface area (Å²) in [4.78, 5) is 12.7. The molecule has 3 heterocycles. The molecule has 0 radical (unpaired) electrons. The van der Waals surface area contributed by atoms with Crippen LogP contribution in [0.3, 0.4) is 0 Å². The van der Waals surface area contributed by atoms with Crippen LogP contribution in [-0.2, 0) is 10.8 Å². The third kappa shape index (κ3) is 6.33. The lowest BCUT2D eigenvalue weighted by Crippen LogP contribution is -2.15. The Morgan fingerprint density at radius 1 is 0.566 bits per heavy atom. The van der Waals surface area contributed by atoms with Crippen molar-refractivity contribution in [3.05, 3.63) is 163 Å². The standard InChI is InChI=1S/C48H44N4O/c1-47(2,3)35-24-25-41-38(30-35)39-31-40(48(4,5)6)45(50-46(39)52(41)42-21-13-14-22-43(42)53)34-27-33(32-17-9-7-10-18-32)28-37(29-34)51(36-19-11-8-12-20-36)44-23-15-16-26-49-44/h7-31,53H,1-6H3. The Bertz CT molecular complexity index is 2540. The number of aromatic nitrogens is 3. The lowest BCUT2D eigenvalue weighted by molar-refractivity contribution is 0.473. The van der Waals surface area contributed by atoms with Crippen LogP contribution in [0.25, 0.3) is 50.0 Å². The van der Waals surface area contributed by atoms with Gasteiger partial charge in [0.2, 0.25) is 0 Å². The van der Waals surface area contributed by atoms with E-state index in [-0.39, 0.29) is 16.6 Å². The molecule has 0 fully saturated rings.